The fourth-order valence-electron chi connectivity index (χ4n) is 16.5. The van der Waals surface area contributed by atoms with Gasteiger partial charge < -0.3 is 49.9 Å². The van der Waals surface area contributed by atoms with Gasteiger partial charge in [0.1, 0.15) is 11.6 Å². The number of ketones is 4. The van der Waals surface area contributed by atoms with Crippen LogP contribution >= 0.6 is 0 Å². The van der Waals surface area contributed by atoms with Gasteiger partial charge in [0.2, 0.25) is 63.7 Å². The lowest BCUT2D eigenvalue weighted by Crippen LogP contribution is -2.53. The quantitative estimate of drug-likeness (QED) is 0.0161. The van der Waals surface area contributed by atoms with Crippen molar-refractivity contribution in [3.63, 3.8) is 0 Å². The Labute approximate surface area is 783 Å². The van der Waals surface area contributed by atoms with Crippen LogP contribution < -0.4 is 49.9 Å². The number of hydrogen-bond donors (Lipinski definition) is 9. The number of nitrogens with two attached hydrogens (primary N) is 5. The molecule has 4 amide bonds. The number of carbonyl (C=O) groups excluding carboxylic acids is 8. The van der Waals surface area contributed by atoms with Gasteiger partial charge in [-0.15, -0.1) is 0 Å². The monoisotopic (exact) mass is 1900 g/mol. The number of nitrogens with zero attached hydrogens (tertiary/aromatic N) is 4. The Hall–Kier alpha value is -9.46. The smallest absolute Gasteiger partial charge is 0.235 e. The van der Waals surface area contributed by atoms with E-state index in [4.69, 9.17) is 28.7 Å². The molecule has 0 radical (unpaired) electrons. The molecule has 722 valence electrons. The maximum absolute atomic E-state index is 15.6. The molecule has 132 heavy (non-hydrogen) atoms. The molecule has 0 aliphatic rings. The van der Waals surface area contributed by atoms with Gasteiger partial charge in [0.15, 0.2) is 11.6 Å². The summed E-state index contributed by atoms with van der Waals surface area (Å²) in [7, 11) is -17.6. The number of sulfonamides is 4. The van der Waals surface area contributed by atoms with Gasteiger partial charge in [0.25, 0.3) is 0 Å². The maximum atomic E-state index is 15.6. The molecule has 0 fully saturated rings. The van der Waals surface area contributed by atoms with Gasteiger partial charge in [-0.1, -0.05) is 245 Å². The number of carbonyl (C=O) groups is 8. The fourth-order valence-corrected chi connectivity index (χ4v) is 22.4. The number of benzene rings is 7. The average molecular weight is 1900 g/mol. The molecule has 29 nitrogen and oxygen atoms in total. The molecule has 0 aliphatic carbocycles. The van der Waals surface area contributed by atoms with Gasteiger partial charge in [0.05, 0.1) is 61.3 Å². The second kappa shape index (κ2) is 58.0. The normalized spacial score (nSPS) is 13.9. The molecule has 14 N–H and O–H groups in total. The first-order chi connectivity index (χ1) is 63.2. The Morgan fingerprint density at radius 3 is 1.11 bits per heavy atom. The molecule has 0 saturated heterocycles. The Balaban J connectivity index is 1.19. The Kier molecular flexibility index (Phi) is 48.1. The van der Waals surface area contributed by atoms with Gasteiger partial charge in [-0.2, -0.15) is 17.2 Å². The van der Waals surface area contributed by atoms with Crippen LogP contribution in [0.15, 0.2) is 212 Å². The zero-order valence-electron chi connectivity index (χ0n) is 76.9. The van der Waals surface area contributed by atoms with Crippen LogP contribution in [0.4, 0.5) is 0 Å². The summed E-state index contributed by atoms with van der Waals surface area (Å²) in [5, 5.41) is 12.0. The van der Waals surface area contributed by atoms with Crippen molar-refractivity contribution >= 4 is 86.9 Å². The minimum atomic E-state index is -4.57. The van der Waals surface area contributed by atoms with Crippen molar-refractivity contribution in [3.05, 3.63) is 251 Å². The second-order valence-corrected chi connectivity index (χ2v) is 43.1. The molecule has 7 rings (SSSR count). The lowest BCUT2D eigenvalue weighted by molar-refractivity contribution is -0.130. The highest BCUT2D eigenvalue weighted by Crippen LogP contribution is 2.27. The third-order valence-electron chi connectivity index (χ3n) is 23.1. The first-order valence-electron chi connectivity index (χ1n) is 46.2. The van der Waals surface area contributed by atoms with Crippen LogP contribution in [0.25, 0.3) is 0 Å². The first kappa shape index (κ1) is 110. The summed E-state index contributed by atoms with van der Waals surface area (Å²) in [6.07, 6.45) is 4.68. The third-order valence-corrected chi connectivity index (χ3v) is 30.2. The molecule has 0 heterocycles. The van der Waals surface area contributed by atoms with Crippen molar-refractivity contribution in [2.75, 3.05) is 90.8 Å². The summed E-state index contributed by atoms with van der Waals surface area (Å²) in [5.41, 5.74) is 33.8. The molecule has 0 bridgehead atoms. The number of Topliss-reactive ketones (excluding diaryl/α,β-unsaturated/α-hetero) is 4. The standard InChI is InChI=1S/C99H141N13O16S4/c1-76(2)57-87(48-26-30-52-101)98(119)105-89(49-27-31-53-102)68-111(131(125,126)74-83-43-21-9-22-44-83)72-97(118)108-93(61-81-39-17-7-18-40-81)95(116)62-85(47-25-29-51-100)66-110(129(121,122)56-55-104)70-91(114)64-88(59-79-35-13-5-14-36-79)99(120)106-90(60-80-37-15-6-16-38-80)69-112(132(127,128)75-84-45-23-10-24-46-84)71-96(117)107-92(50-28-32-54-103)94(115)63-86(58-78-33-11-4-12-34-78)67-109(65-77(3)113)130(123,124)73-82-41-19-8-20-42-82/h4-24,33-46,76,85-90,92-93H,25-32,47-75,100-104H2,1-3H3,(H,105,119)(H,106,120)(H,107,117)(H,108,118)/t85-,86-,87-,88-,89+,90+,92+,93+/m1/s1. The maximum Gasteiger partial charge on any atom is 0.235 e. The van der Waals surface area contributed by atoms with E-state index in [-0.39, 0.29) is 95.9 Å². The van der Waals surface area contributed by atoms with Crippen LogP contribution in [0.2, 0.25) is 0 Å². The second-order valence-electron chi connectivity index (χ2n) is 35.1. The van der Waals surface area contributed by atoms with E-state index in [2.05, 4.69) is 21.3 Å². The van der Waals surface area contributed by atoms with E-state index in [0.717, 1.165) is 22.8 Å². The average Bonchev–Trinajstić information content (AvgIpc) is 0.826. The highest BCUT2D eigenvalue weighted by atomic mass is 32.2. The highest BCUT2D eigenvalue weighted by molar-refractivity contribution is 7.89. The predicted octanol–water partition coefficient (Wildman–Crippen LogP) is 8.48. The fraction of sp³-hybridized carbons (Fsp3) is 0.495. The van der Waals surface area contributed by atoms with E-state index in [9.17, 15) is 39.6 Å². The van der Waals surface area contributed by atoms with E-state index in [1.54, 1.807) is 194 Å². The molecule has 0 saturated carbocycles. The van der Waals surface area contributed by atoms with E-state index in [1.165, 1.54) is 6.92 Å². The van der Waals surface area contributed by atoms with Crippen molar-refractivity contribution in [1.29, 1.82) is 0 Å². The summed E-state index contributed by atoms with van der Waals surface area (Å²) in [4.78, 5) is 119. The van der Waals surface area contributed by atoms with E-state index in [1.807, 2.05) is 32.0 Å². The van der Waals surface area contributed by atoms with Crippen LogP contribution in [-0.2, 0) is 121 Å². The summed E-state index contributed by atoms with van der Waals surface area (Å²) in [6, 6.07) is 56.2. The number of unbranched alkanes of at least 4 members (excludes halogenated alkanes) is 4. The first-order valence-corrected chi connectivity index (χ1v) is 52.6. The molecule has 0 spiro atoms. The molecule has 7 aromatic carbocycles. The number of nitrogens with one attached hydrogen (secondary N) is 4. The van der Waals surface area contributed by atoms with Gasteiger partial charge in [-0.3, -0.25) is 38.4 Å². The largest absolute Gasteiger partial charge is 0.352 e. The molecular formula is C99H141N13O16S4. The molecular weight excluding hydrogens is 1760 g/mol. The van der Waals surface area contributed by atoms with E-state index in [0.29, 0.717) is 117 Å². The predicted molar refractivity (Wildman–Crippen MR) is 519 cm³/mol. The lowest BCUT2D eigenvalue weighted by atomic mass is 9.90. The van der Waals surface area contributed by atoms with Crippen LogP contribution in [0.1, 0.15) is 162 Å². The summed E-state index contributed by atoms with van der Waals surface area (Å²) in [6.45, 7) is 1.83. The van der Waals surface area contributed by atoms with Crippen molar-refractivity contribution in [3.8, 4) is 0 Å². The number of rotatable bonds is 68. The Bertz CT molecular complexity index is 5130. The summed E-state index contributed by atoms with van der Waals surface area (Å²) >= 11 is 0. The molecule has 0 unspecified atom stereocenters. The molecule has 33 heteroatoms. The van der Waals surface area contributed by atoms with Crippen molar-refractivity contribution in [2.45, 2.75) is 191 Å². The summed E-state index contributed by atoms with van der Waals surface area (Å²) < 4.78 is 123. The minimum absolute atomic E-state index is 0.0319. The molecule has 0 aromatic heterocycles. The summed E-state index contributed by atoms with van der Waals surface area (Å²) in [5.74, 6) is -10.1. The van der Waals surface area contributed by atoms with Crippen LogP contribution in [0, 0.1) is 29.6 Å². The van der Waals surface area contributed by atoms with Crippen LogP contribution in [0.3, 0.4) is 0 Å². The molecule has 7 aromatic rings. The zero-order chi connectivity index (χ0) is 95.9. The van der Waals surface area contributed by atoms with Crippen molar-refractivity contribution < 1.29 is 72.0 Å². The van der Waals surface area contributed by atoms with Crippen LogP contribution in [0.5, 0.6) is 0 Å². The topological polar surface area (TPSA) is 464 Å². The van der Waals surface area contributed by atoms with Crippen molar-refractivity contribution in [2.24, 2.45) is 58.3 Å². The number of hydrogen-bond acceptors (Lipinski definition) is 21. The molecule has 0 aliphatic heterocycles. The Morgan fingerprint density at radius 1 is 0.318 bits per heavy atom. The van der Waals surface area contributed by atoms with Crippen LogP contribution in [-0.4, -0.2) is 213 Å². The van der Waals surface area contributed by atoms with Crippen molar-refractivity contribution in [1.82, 2.24) is 38.5 Å². The highest BCUT2D eigenvalue weighted by Gasteiger charge is 2.38. The zero-order valence-corrected chi connectivity index (χ0v) is 80.2. The number of amides is 4. The van der Waals surface area contributed by atoms with Gasteiger partial charge >= 0.3 is 0 Å². The van der Waals surface area contributed by atoms with E-state index < -0.39 is 197 Å². The third kappa shape index (κ3) is 40.8. The van der Waals surface area contributed by atoms with Gasteiger partial charge in [0, 0.05) is 75.9 Å². The van der Waals surface area contributed by atoms with E-state index >= 15 is 32.4 Å². The van der Waals surface area contributed by atoms with Gasteiger partial charge in [-0.25, -0.2) is 33.7 Å². The molecule has 8 atom stereocenters. The van der Waals surface area contributed by atoms with Gasteiger partial charge in [-0.05, 0) is 180 Å². The SMILES string of the molecule is CC(=O)CN(C[C@@H](CC(=O)[C@H](CCCCN)NC(=O)CN(C[C@H](Cc1ccccc1)NC(=O)[C@@H](CC(=O)CN(C[C@H](CCCCN)CC(=O)[C@H](Cc1ccccc1)NC(=O)CN(C[C@H](CCCCN)NC(=O)[C@H](CCCCN)CC(C)C)S(=O)(=O)Cc1ccccc1)S(=O)(=O)CCN)Cc1ccccc1)S(=O)(=O)Cc1ccccc1)Cc1ccccc1)S(=O)(=O)Cc1ccccc1. The minimum Gasteiger partial charge on any atom is -0.352 e. The lowest BCUT2D eigenvalue weighted by Gasteiger charge is -2.30. The Morgan fingerprint density at radius 2 is 0.667 bits per heavy atom.